The minimum Gasteiger partial charge on any atom is -0.464 e. The molecule has 16 heavy (non-hydrogen) atoms. The number of anilines is 1. The third-order valence-corrected chi connectivity index (χ3v) is 2.52. The molecule has 0 aromatic carbocycles. The first-order valence-corrected chi connectivity index (χ1v) is 5.58. The van der Waals surface area contributed by atoms with Crippen LogP contribution >= 0.6 is 0 Å². The average Bonchev–Trinajstić information content (AvgIpc) is 2.38. The first kappa shape index (κ1) is 11.0. The molecule has 0 saturated carbocycles. The average molecular weight is 219 g/mol. The summed E-state index contributed by atoms with van der Waals surface area (Å²) in [5, 5.41) is 3.33. The van der Waals surface area contributed by atoms with Gasteiger partial charge in [-0.3, -0.25) is 4.98 Å². The summed E-state index contributed by atoms with van der Waals surface area (Å²) >= 11 is 0. The van der Waals surface area contributed by atoms with Crippen molar-refractivity contribution in [3.8, 4) is 5.75 Å². The molecule has 0 atom stereocenters. The second kappa shape index (κ2) is 5.51. The third-order valence-electron chi connectivity index (χ3n) is 2.52. The molecule has 0 bridgehead atoms. The summed E-state index contributed by atoms with van der Waals surface area (Å²) in [4.78, 5) is 6.50. The maximum atomic E-state index is 5.40. The SMILES string of the molecule is C/C=C\Oc1cncc(N2CCNCC2)c1. The second-order valence-electron chi connectivity index (χ2n) is 3.70. The van der Waals surface area contributed by atoms with Gasteiger partial charge in [0.2, 0.25) is 0 Å². The van der Waals surface area contributed by atoms with Gasteiger partial charge in [0.25, 0.3) is 0 Å². The van der Waals surface area contributed by atoms with Gasteiger partial charge in [-0.1, -0.05) is 6.08 Å². The highest BCUT2D eigenvalue weighted by Gasteiger charge is 2.10. The monoisotopic (exact) mass is 219 g/mol. The van der Waals surface area contributed by atoms with Gasteiger partial charge >= 0.3 is 0 Å². The lowest BCUT2D eigenvalue weighted by atomic mass is 10.3. The number of pyridine rings is 1. The van der Waals surface area contributed by atoms with Gasteiger partial charge in [0.1, 0.15) is 5.75 Å². The van der Waals surface area contributed by atoms with Gasteiger partial charge in [0, 0.05) is 32.2 Å². The molecule has 1 fully saturated rings. The molecule has 0 amide bonds. The van der Waals surface area contributed by atoms with E-state index >= 15 is 0 Å². The van der Waals surface area contributed by atoms with E-state index < -0.39 is 0 Å². The molecule has 2 rings (SSSR count). The highest BCUT2D eigenvalue weighted by atomic mass is 16.5. The maximum Gasteiger partial charge on any atom is 0.146 e. The summed E-state index contributed by atoms with van der Waals surface area (Å²) in [6, 6.07) is 2.03. The molecule has 1 aromatic rings. The Labute approximate surface area is 95.9 Å². The lowest BCUT2D eigenvalue weighted by molar-refractivity contribution is 0.477. The number of aromatic nitrogens is 1. The van der Waals surface area contributed by atoms with Gasteiger partial charge in [-0.15, -0.1) is 0 Å². The molecule has 1 saturated heterocycles. The number of hydrogen-bond donors (Lipinski definition) is 1. The van der Waals surface area contributed by atoms with Gasteiger partial charge in [-0.05, 0) is 6.92 Å². The zero-order chi connectivity index (χ0) is 11.2. The van der Waals surface area contributed by atoms with Crippen molar-refractivity contribution in [2.75, 3.05) is 31.1 Å². The van der Waals surface area contributed by atoms with E-state index in [0.29, 0.717) is 0 Å². The van der Waals surface area contributed by atoms with Crippen molar-refractivity contribution in [1.82, 2.24) is 10.3 Å². The summed E-state index contributed by atoms with van der Waals surface area (Å²) in [6.07, 6.45) is 7.13. The molecule has 1 N–H and O–H groups in total. The van der Waals surface area contributed by atoms with Crippen molar-refractivity contribution < 1.29 is 4.74 Å². The van der Waals surface area contributed by atoms with Crippen LogP contribution in [0.5, 0.6) is 5.75 Å². The number of ether oxygens (including phenoxy) is 1. The number of nitrogens with zero attached hydrogens (tertiary/aromatic N) is 2. The van der Waals surface area contributed by atoms with Crippen molar-refractivity contribution in [2.45, 2.75) is 6.92 Å². The Morgan fingerprint density at radius 2 is 2.19 bits per heavy atom. The molecule has 1 aliphatic rings. The molecule has 2 heterocycles. The van der Waals surface area contributed by atoms with Crippen LogP contribution in [0.2, 0.25) is 0 Å². The van der Waals surface area contributed by atoms with Crippen LogP contribution in [-0.2, 0) is 0 Å². The topological polar surface area (TPSA) is 37.4 Å². The zero-order valence-corrected chi connectivity index (χ0v) is 9.52. The van der Waals surface area contributed by atoms with Crippen molar-refractivity contribution in [3.05, 3.63) is 30.8 Å². The molecule has 1 aromatic heterocycles. The van der Waals surface area contributed by atoms with E-state index in [2.05, 4.69) is 15.2 Å². The maximum absolute atomic E-state index is 5.40. The van der Waals surface area contributed by atoms with Crippen LogP contribution < -0.4 is 15.0 Å². The van der Waals surface area contributed by atoms with E-state index in [1.807, 2.05) is 25.3 Å². The Balaban J connectivity index is 2.08. The van der Waals surface area contributed by atoms with Gasteiger partial charge < -0.3 is 15.0 Å². The predicted molar refractivity (Wildman–Crippen MR) is 64.8 cm³/mol. The first-order valence-electron chi connectivity index (χ1n) is 5.58. The minimum atomic E-state index is 0.786. The number of hydrogen-bond acceptors (Lipinski definition) is 4. The molecule has 1 aliphatic heterocycles. The van der Waals surface area contributed by atoms with E-state index in [9.17, 15) is 0 Å². The van der Waals surface area contributed by atoms with Crippen LogP contribution in [0.1, 0.15) is 6.92 Å². The molecular weight excluding hydrogens is 202 g/mol. The van der Waals surface area contributed by atoms with Gasteiger partial charge in [-0.25, -0.2) is 0 Å². The second-order valence-corrected chi connectivity index (χ2v) is 3.70. The predicted octanol–water partition coefficient (Wildman–Crippen LogP) is 1.40. The highest BCUT2D eigenvalue weighted by Crippen LogP contribution is 2.19. The van der Waals surface area contributed by atoms with Crippen LogP contribution in [0.25, 0.3) is 0 Å². The molecule has 86 valence electrons. The van der Waals surface area contributed by atoms with E-state index in [0.717, 1.165) is 37.6 Å². The summed E-state index contributed by atoms with van der Waals surface area (Å²) in [7, 11) is 0. The van der Waals surface area contributed by atoms with E-state index in [4.69, 9.17) is 4.74 Å². The molecule has 0 radical (unpaired) electrons. The molecule has 4 nitrogen and oxygen atoms in total. The number of piperazine rings is 1. The highest BCUT2D eigenvalue weighted by molar-refractivity contribution is 5.48. The molecular formula is C12H17N3O. The Morgan fingerprint density at radius 3 is 2.94 bits per heavy atom. The van der Waals surface area contributed by atoms with Gasteiger partial charge in [0.05, 0.1) is 24.3 Å². The molecule has 4 heteroatoms. The number of nitrogens with one attached hydrogen (secondary N) is 1. The van der Waals surface area contributed by atoms with Crippen LogP contribution in [-0.4, -0.2) is 31.2 Å². The van der Waals surface area contributed by atoms with Crippen molar-refractivity contribution in [3.63, 3.8) is 0 Å². The van der Waals surface area contributed by atoms with E-state index in [1.54, 1.807) is 12.5 Å². The summed E-state index contributed by atoms with van der Waals surface area (Å²) < 4.78 is 5.40. The summed E-state index contributed by atoms with van der Waals surface area (Å²) in [6.45, 7) is 6.02. The summed E-state index contributed by atoms with van der Waals surface area (Å²) in [5.74, 6) is 0.786. The van der Waals surface area contributed by atoms with Crippen LogP contribution in [0.4, 0.5) is 5.69 Å². The Kier molecular flexibility index (Phi) is 3.77. The molecule has 0 unspecified atom stereocenters. The Bertz CT molecular complexity index is 359. The molecule has 0 aliphatic carbocycles. The normalized spacial score (nSPS) is 16.7. The van der Waals surface area contributed by atoms with Gasteiger partial charge in [0.15, 0.2) is 0 Å². The van der Waals surface area contributed by atoms with Crippen molar-refractivity contribution in [1.29, 1.82) is 0 Å². The number of rotatable bonds is 3. The summed E-state index contributed by atoms with van der Waals surface area (Å²) in [5.41, 5.74) is 1.13. The standard InChI is InChI=1S/C12H17N3O/c1-2-7-16-12-8-11(9-14-10-12)15-5-3-13-4-6-15/h2,7-10,13H,3-6H2,1H3/b7-2-. The fourth-order valence-electron chi connectivity index (χ4n) is 1.71. The fraction of sp³-hybridized carbons (Fsp3) is 0.417. The van der Waals surface area contributed by atoms with Crippen LogP contribution in [0, 0.1) is 0 Å². The quantitative estimate of drug-likeness (QED) is 0.780. The van der Waals surface area contributed by atoms with E-state index in [-0.39, 0.29) is 0 Å². The van der Waals surface area contributed by atoms with Crippen molar-refractivity contribution in [2.24, 2.45) is 0 Å². The van der Waals surface area contributed by atoms with Crippen molar-refractivity contribution >= 4 is 5.69 Å². The minimum absolute atomic E-state index is 0.786. The Morgan fingerprint density at radius 1 is 1.38 bits per heavy atom. The zero-order valence-electron chi connectivity index (χ0n) is 9.52. The smallest absolute Gasteiger partial charge is 0.146 e. The first-order chi connectivity index (χ1) is 7.90. The lowest BCUT2D eigenvalue weighted by Gasteiger charge is -2.29. The fourth-order valence-corrected chi connectivity index (χ4v) is 1.71. The molecule has 0 spiro atoms. The van der Waals surface area contributed by atoms with E-state index in [1.165, 1.54) is 0 Å². The Hall–Kier alpha value is -1.55. The van der Waals surface area contributed by atoms with Crippen LogP contribution in [0.15, 0.2) is 30.8 Å². The third kappa shape index (κ3) is 2.73. The largest absolute Gasteiger partial charge is 0.464 e. The van der Waals surface area contributed by atoms with Gasteiger partial charge in [-0.2, -0.15) is 0 Å². The lowest BCUT2D eigenvalue weighted by Crippen LogP contribution is -2.43. The van der Waals surface area contributed by atoms with Crippen LogP contribution in [0.3, 0.4) is 0 Å². The number of allylic oxidation sites excluding steroid dienone is 1.